The second-order valence-electron chi connectivity index (χ2n) is 5.34. The lowest BCUT2D eigenvalue weighted by molar-refractivity contribution is 0.475. The number of aromatic amines is 1. The van der Waals surface area contributed by atoms with Gasteiger partial charge in [-0.3, -0.25) is 4.99 Å². The zero-order valence-electron chi connectivity index (χ0n) is 10.9. The number of aromatic hydroxyl groups is 1. The number of rotatable bonds is 2. The van der Waals surface area contributed by atoms with Crippen LogP contribution >= 0.6 is 0 Å². The lowest BCUT2D eigenvalue weighted by Gasteiger charge is -2.19. The second-order valence-corrected chi connectivity index (χ2v) is 5.34. The van der Waals surface area contributed by atoms with Gasteiger partial charge < -0.3 is 10.1 Å². The molecule has 0 fully saturated rings. The van der Waals surface area contributed by atoms with Crippen LogP contribution in [-0.4, -0.2) is 16.3 Å². The highest BCUT2D eigenvalue weighted by atomic mass is 16.3. The Hall–Kier alpha value is -2.03. The van der Waals surface area contributed by atoms with Crippen molar-refractivity contribution >= 4 is 11.9 Å². The molecule has 94 valence electrons. The van der Waals surface area contributed by atoms with Crippen LogP contribution in [0.4, 0.5) is 5.69 Å². The third-order valence-electron chi connectivity index (χ3n) is 2.81. The fraction of sp³-hybridized carbons (Fsp3) is 0.267. The van der Waals surface area contributed by atoms with Gasteiger partial charge in [-0.1, -0.05) is 26.8 Å². The first-order chi connectivity index (χ1) is 8.47. The molecule has 2 rings (SSSR count). The van der Waals surface area contributed by atoms with Crippen LogP contribution < -0.4 is 0 Å². The quantitative estimate of drug-likeness (QED) is 0.774. The fourth-order valence-corrected chi connectivity index (χ4v) is 1.66. The Balaban J connectivity index is 2.33. The summed E-state index contributed by atoms with van der Waals surface area (Å²) in [6.45, 7) is 6.41. The normalized spacial score (nSPS) is 12.2. The van der Waals surface area contributed by atoms with E-state index >= 15 is 0 Å². The molecule has 0 saturated carbocycles. The molecule has 0 unspecified atom stereocenters. The largest absolute Gasteiger partial charge is 0.506 e. The van der Waals surface area contributed by atoms with Gasteiger partial charge in [0.2, 0.25) is 0 Å². The van der Waals surface area contributed by atoms with Gasteiger partial charge in [-0.2, -0.15) is 0 Å². The first-order valence-electron chi connectivity index (χ1n) is 5.98. The molecule has 1 heterocycles. The highest BCUT2D eigenvalue weighted by Gasteiger charge is 2.14. The number of nitrogens with zero attached hydrogens (tertiary/aromatic N) is 1. The van der Waals surface area contributed by atoms with Crippen LogP contribution in [0.1, 0.15) is 32.0 Å². The number of hydrogen-bond acceptors (Lipinski definition) is 2. The number of hydrogen-bond donors (Lipinski definition) is 2. The van der Waals surface area contributed by atoms with Gasteiger partial charge in [0.05, 0.1) is 11.9 Å². The zero-order valence-corrected chi connectivity index (χ0v) is 10.9. The fourth-order valence-electron chi connectivity index (χ4n) is 1.66. The van der Waals surface area contributed by atoms with Crippen molar-refractivity contribution in [1.82, 2.24) is 4.98 Å². The van der Waals surface area contributed by atoms with Crippen LogP contribution in [0, 0.1) is 0 Å². The van der Waals surface area contributed by atoms with E-state index < -0.39 is 0 Å². The molecule has 0 aliphatic heterocycles. The van der Waals surface area contributed by atoms with Crippen molar-refractivity contribution in [1.29, 1.82) is 0 Å². The monoisotopic (exact) mass is 242 g/mol. The summed E-state index contributed by atoms with van der Waals surface area (Å²) in [6, 6.07) is 9.39. The summed E-state index contributed by atoms with van der Waals surface area (Å²) in [4.78, 5) is 7.36. The van der Waals surface area contributed by atoms with E-state index in [0.29, 0.717) is 5.69 Å². The van der Waals surface area contributed by atoms with Gasteiger partial charge in [0.1, 0.15) is 11.4 Å². The number of aliphatic imine (C=N–C) groups is 1. The molecule has 1 aromatic carbocycles. The average Bonchev–Trinajstić information content (AvgIpc) is 2.79. The van der Waals surface area contributed by atoms with Gasteiger partial charge in [0.15, 0.2) is 0 Å². The summed E-state index contributed by atoms with van der Waals surface area (Å²) in [5.41, 5.74) is 2.70. The van der Waals surface area contributed by atoms with Crippen LogP contribution in [0.25, 0.3) is 0 Å². The zero-order chi connectivity index (χ0) is 13.2. The summed E-state index contributed by atoms with van der Waals surface area (Å²) >= 11 is 0. The highest BCUT2D eigenvalue weighted by molar-refractivity contribution is 5.80. The minimum Gasteiger partial charge on any atom is -0.506 e. The number of aromatic nitrogens is 1. The average molecular weight is 242 g/mol. The molecular weight excluding hydrogens is 224 g/mol. The van der Waals surface area contributed by atoms with Crippen molar-refractivity contribution < 1.29 is 5.11 Å². The maximum Gasteiger partial charge on any atom is 0.141 e. The summed E-state index contributed by atoms with van der Waals surface area (Å²) in [5.74, 6) is 0.200. The first-order valence-corrected chi connectivity index (χ1v) is 5.98. The summed E-state index contributed by atoms with van der Waals surface area (Å²) < 4.78 is 0. The highest BCUT2D eigenvalue weighted by Crippen LogP contribution is 2.32. The number of benzene rings is 1. The van der Waals surface area contributed by atoms with E-state index in [2.05, 4.69) is 30.7 Å². The van der Waals surface area contributed by atoms with E-state index in [1.807, 2.05) is 30.5 Å². The molecule has 0 amide bonds. The Kier molecular flexibility index (Phi) is 3.24. The Morgan fingerprint density at radius 1 is 1.22 bits per heavy atom. The van der Waals surface area contributed by atoms with Crippen LogP contribution in [0.2, 0.25) is 0 Å². The molecule has 2 N–H and O–H groups in total. The van der Waals surface area contributed by atoms with Gasteiger partial charge in [0, 0.05) is 6.20 Å². The molecule has 0 aliphatic rings. The van der Waals surface area contributed by atoms with Crippen molar-refractivity contribution in [2.24, 2.45) is 4.99 Å². The van der Waals surface area contributed by atoms with Crippen LogP contribution in [0.3, 0.4) is 0 Å². The number of phenols is 1. The second kappa shape index (κ2) is 4.69. The minimum absolute atomic E-state index is 0.0460. The Bertz CT molecular complexity index is 548. The van der Waals surface area contributed by atoms with Crippen LogP contribution in [-0.2, 0) is 5.41 Å². The van der Waals surface area contributed by atoms with Gasteiger partial charge in [-0.15, -0.1) is 0 Å². The Morgan fingerprint density at radius 2 is 2.00 bits per heavy atom. The molecule has 0 aliphatic carbocycles. The molecule has 0 saturated heterocycles. The Labute approximate surface area is 107 Å². The van der Waals surface area contributed by atoms with Gasteiger partial charge in [-0.25, -0.2) is 0 Å². The molecule has 0 bridgehead atoms. The number of phenolic OH excluding ortho intramolecular Hbond substituents is 1. The minimum atomic E-state index is 0.0460. The van der Waals surface area contributed by atoms with E-state index in [-0.39, 0.29) is 11.2 Å². The molecule has 0 radical (unpaired) electrons. The maximum absolute atomic E-state index is 9.81. The number of H-pyrrole nitrogens is 1. The maximum atomic E-state index is 9.81. The summed E-state index contributed by atoms with van der Waals surface area (Å²) in [6.07, 6.45) is 3.55. The molecule has 18 heavy (non-hydrogen) atoms. The third-order valence-corrected chi connectivity index (χ3v) is 2.81. The molecular formula is C15H18N2O. The van der Waals surface area contributed by atoms with Crippen LogP contribution in [0.15, 0.2) is 41.5 Å². The van der Waals surface area contributed by atoms with E-state index in [1.54, 1.807) is 12.3 Å². The summed E-state index contributed by atoms with van der Waals surface area (Å²) in [5, 5.41) is 9.81. The molecule has 3 heteroatoms. The molecule has 3 nitrogen and oxygen atoms in total. The standard InChI is InChI=1S/C15H18N2O/c1-15(2,3)11-6-7-14(18)13(9-11)17-10-12-5-4-8-16-12/h4-10,16,18H,1-3H3/b17-10+. The Morgan fingerprint density at radius 3 is 2.61 bits per heavy atom. The number of nitrogens with one attached hydrogen (secondary N) is 1. The predicted octanol–water partition coefficient (Wildman–Crippen LogP) is 3.77. The third kappa shape index (κ3) is 2.80. The molecule has 1 aromatic heterocycles. The van der Waals surface area contributed by atoms with Gasteiger partial charge in [-0.05, 0) is 35.2 Å². The smallest absolute Gasteiger partial charge is 0.141 e. The van der Waals surface area contributed by atoms with Crippen molar-refractivity contribution in [2.45, 2.75) is 26.2 Å². The van der Waals surface area contributed by atoms with Crippen LogP contribution in [0.5, 0.6) is 5.75 Å². The van der Waals surface area contributed by atoms with Gasteiger partial charge >= 0.3 is 0 Å². The lowest BCUT2D eigenvalue weighted by atomic mass is 9.87. The van der Waals surface area contributed by atoms with Crippen molar-refractivity contribution in [2.75, 3.05) is 0 Å². The first kappa shape index (κ1) is 12.4. The van der Waals surface area contributed by atoms with E-state index in [4.69, 9.17) is 0 Å². The topological polar surface area (TPSA) is 48.4 Å². The van der Waals surface area contributed by atoms with Crippen molar-refractivity contribution in [3.8, 4) is 5.75 Å². The van der Waals surface area contributed by atoms with Crippen molar-refractivity contribution in [3.05, 3.63) is 47.8 Å². The molecule has 0 spiro atoms. The van der Waals surface area contributed by atoms with E-state index in [0.717, 1.165) is 11.3 Å². The summed E-state index contributed by atoms with van der Waals surface area (Å²) in [7, 11) is 0. The lowest BCUT2D eigenvalue weighted by Crippen LogP contribution is -2.10. The molecule has 2 aromatic rings. The van der Waals surface area contributed by atoms with E-state index in [1.165, 1.54) is 0 Å². The van der Waals surface area contributed by atoms with Gasteiger partial charge in [0.25, 0.3) is 0 Å². The SMILES string of the molecule is CC(C)(C)c1ccc(O)c(/N=C/c2ccc[nH]2)c1. The molecule has 0 atom stereocenters. The predicted molar refractivity (Wildman–Crippen MR) is 74.9 cm³/mol. The van der Waals surface area contributed by atoms with E-state index in [9.17, 15) is 5.11 Å². The van der Waals surface area contributed by atoms with Crippen molar-refractivity contribution in [3.63, 3.8) is 0 Å².